The first-order valence-corrected chi connectivity index (χ1v) is 16.4. The number of halogens is 4. The van der Waals surface area contributed by atoms with Crippen molar-refractivity contribution in [3.8, 4) is 0 Å². The summed E-state index contributed by atoms with van der Waals surface area (Å²) in [6, 6.07) is 43.5. The maximum Gasteiger partial charge on any atom is 0.673 e. The van der Waals surface area contributed by atoms with Gasteiger partial charge in [-0.05, 0) is 41.0 Å². The Hall–Kier alpha value is -4.91. The standard InChI is InChI=1S/C42H41NO.BF4/c1-40(2,3)37-27-31(28-38(44-37)41(4,5)6)36-29-35(39(43-36)30-19-11-7-12-20-30)42(32-21-13-8-14-22-32,33-23-15-9-16-24-33)34-25-17-10-18-26-34;2-1(3,4)5/h7-29H,1-6H3;/q;-1/p+1. The average molecular weight is 664 g/mol. The average Bonchev–Trinajstić information content (AvgIpc) is 3.51. The molecule has 2 aliphatic heterocycles. The number of rotatable bonds is 5. The molecule has 0 atom stereocenters. The van der Waals surface area contributed by atoms with E-state index in [4.69, 9.17) is 4.74 Å². The highest BCUT2D eigenvalue weighted by Crippen LogP contribution is 2.47. The predicted molar refractivity (Wildman–Crippen MR) is 192 cm³/mol. The van der Waals surface area contributed by atoms with Crippen molar-refractivity contribution in [3.63, 3.8) is 0 Å². The van der Waals surface area contributed by atoms with Crippen molar-refractivity contribution < 1.29 is 27.0 Å². The van der Waals surface area contributed by atoms with Crippen molar-refractivity contribution in [1.29, 1.82) is 0 Å². The van der Waals surface area contributed by atoms with E-state index in [9.17, 15) is 17.3 Å². The summed E-state index contributed by atoms with van der Waals surface area (Å²) in [7, 11) is -6.00. The number of benzene rings is 4. The highest BCUT2D eigenvalue weighted by Gasteiger charge is 2.47. The summed E-state index contributed by atoms with van der Waals surface area (Å²) in [5.74, 6) is 1.94. The molecular weight excluding hydrogens is 621 g/mol. The van der Waals surface area contributed by atoms with E-state index in [-0.39, 0.29) is 10.8 Å². The normalized spacial score (nSPS) is 15.3. The van der Waals surface area contributed by atoms with Gasteiger partial charge in [-0.25, -0.2) is 4.99 Å². The van der Waals surface area contributed by atoms with Gasteiger partial charge < -0.3 is 22.0 Å². The van der Waals surface area contributed by atoms with Gasteiger partial charge in [0.15, 0.2) is 0 Å². The molecule has 0 fully saturated rings. The fourth-order valence-corrected chi connectivity index (χ4v) is 6.17. The molecule has 0 saturated heterocycles. The van der Waals surface area contributed by atoms with E-state index in [1.807, 2.05) is 0 Å². The number of ether oxygens (including phenoxy) is 1. The summed E-state index contributed by atoms with van der Waals surface area (Å²) in [6.07, 6.45) is 6.81. The third-order valence-electron chi connectivity index (χ3n) is 8.49. The molecular formula is C42H42BF4NO. The van der Waals surface area contributed by atoms with E-state index >= 15 is 0 Å². The van der Waals surface area contributed by atoms with Crippen LogP contribution in [0.4, 0.5) is 17.3 Å². The van der Waals surface area contributed by atoms with Crippen molar-refractivity contribution in [2.75, 3.05) is 0 Å². The second-order valence-corrected chi connectivity index (χ2v) is 14.3. The first kappa shape index (κ1) is 35.4. The highest BCUT2D eigenvalue weighted by molar-refractivity contribution is 6.50. The molecule has 0 saturated carbocycles. The summed E-state index contributed by atoms with van der Waals surface area (Å²) < 4.78 is 45.6. The van der Waals surface area contributed by atoms with Crippen molar-refractivity contribution in [2.24, 2.45) is 10.8 Å². The van der Waals surface area contributed by atoms with Gasteiger partial charge in [-0.2, -0.15) is 0 Å². The Labute approximate surface area is 287 Å². The van der Waals surface area contributed by atoms with E-state index in [0.717, 1.165) is 34.1 Å². The molecule has 252 valence electrons. The third-order valence-corrected chi connectivity index (χ3v) is 8.49. The maximum absolute atomic E-state index is 9.75. The summed E-state index contributed by atoms with van der Waals surface area (Å²) in [5.41, 5.74) is 8.43. The molecule has 6 rings (SSSR count). The summed E-state index contributed by atoms with van der Waals surface area (Å²) >= 11 is 0. The SMILES string of the molecule is CC(C)(C)C1=CC(=C2C=C(C(c3ccccc3)(c3ccccc3)c3ccccc3)C(c3ccccc3)=[NH+]2)C=C(C(C)(C)C)O1.F[B-](F)(F)F. The largest absolute Gasteiger partial charge is 0.673 e. The van der Waals surface area contributed by atoms with Gasteiger partial charge in [-0.15, -0.1) is 0 Å². The van der Waals surface area contributed by atoms with Crippen molar-refractivity contribution >= 4 is 13.0 Å². The molecule has 1 N–H and O–H groups in total. The van der Waals surface area contributed by atoms with Gasteiger partial charge in [0.2, 0.25) is 11.4 Å². The minimum absolute atomic E-state index is 0.143. The Morgan fingerprint density at radius 3 is 1.20 bits per heavy atom. The first-order valence-electron chi connectivity index (χ1n) is 16.4. The first-order chi connectivity index (χ1) is 23.1. The lowest BCUT2D eigenvalue weighted by atomic mass is 9.63. The van der Waals surface area contributed by atoms with E-state index in [1.165, 1.54) is 22.3 Å². The minimum atomic E-state index is -6.00. The summed E-state index contributed by atoms with van der Waals surface area (Å²) in [5, 5.41) is 0. The molecule has 7 heteroatoms. The van der Waals surface area contributed by atoms with Gasteiger partial charge in [-0.1, -0.05) is 151 Å². The molecule has 0 radical (unpaired) electrons. The molecule has 0 unspecified atom stereocenters. The Morgan fingerprint density at radius 1 is 0.510 bits per heavy atom. The Morgan fingerprint density at radius 2 is 0.857 bits per heavy atom. The molecule has 0 bridgehead atoms. The maximum atomic E-state index is 9.75. The zero-order valence-corrected chi connectivity index (χ0v) is 28.8. The fraction of sp³-hybridized carbons (Fsp3) is 0.214. The van der Waals surface area contributed by atoms with Crippen LogP contribution in [0.1, 0.15) is 63.8 Å². The van der Waals surface area contributed by atoms with Crippen LogP contribution in [0.25, 0.3) is 0 Å². The monoisotopic (exact) mass is 663 g/mol. The van der Waals surface area contributed by atoms with Gasteiger partial charge in [0.05, 0.1) is 16.6 Å². The zero-order valence-electron chi connectivity index (χ0n) is 28.8. The number of nitrogens with one attached hydrogen (secondary N) is 1. The van der Waals surface area contributed by atoms with Crippen molar-refractivity contribution in [1.82, 2.24) is 0 Å². The van der Waals surface area contributed by atoms with Crippen LogP contribution in [-0.2, 0) is 10.2 Å². The van der Waals surface area contributed by atoms with Crippen LogP contribution >= 0.6 is 0 Å². The van der Waals surface area contributed by atoms with Crippen LogP contribution in [0, 0.1) is 10.8 Å². The van der Waals surface area contributed by atoms with Gasteiger partial charge in [0.1, 0.15) is 11.5 Å². The number of hydrogen-bond donors (Lipinski definition) is 1. The topological polar surface area (TPSA) is 23.2 Å². The van der Waals surface area contributed by atoms with Crippen LogP contribution < -0.4 is 4.99 Å². The van der Waals surface area contributed by atoms with E-state index in [1.54, 1.807) is 0 Å². The van der Waals surface area contributed by atoms with E-state index in [2.05, 4.69) is 186 Å². The van der Waals surface area contributed by atoms with Gasteiger partial charge in [0.25, 0.3) is 0 Å². The molecule has 4 aromatic carbocycles. The van der Waals surface area contributed by atoms with E-state index < -0.39 is 12.7 Å². The van der Waals surface area contributed by atoms with Gasteiger partial charge in [-0.3, -0.25) is 0 Å². The zero-order chi connectivity index (χ0) is 35.5. The molecule has 4 aromatic rings. The quantitative estimate of drug-likeness (QED) is 0.128. The smallest absolute Gasteiger partial charge is 0.465 e. The molecule has 2 heterocycles. The lowest BCUT2D eigenvalue weighted by molar-refractivity contribution is -0.386. The third kappa shape index (κ3) is 8.05. The predicted octanol–water partition coefficient (Wildman–Crippen LogP) is 9.98. The highest BCUT2D eigenvalue weighted by atomic mass is 19.5. The minimum Gasteiger partial charge on any atom is -0.465 e. The van der Waals surface area contributed by atoms with Crippen LogP contribution in [0.3, 0.4) is 0 Å². The molecule has 49 heavy (non-hydrogen) atoms. The van der Waals surface area contributed by atoms with Crippen LogP contribution in [0.2, 0.25) is 0 Å². The Kier molecular flexibility index (Phi) is 10.0. The van der Waals surface area contributed by atoms with Gasteiger partial charge in [0, 0.05) is 22.5 Å². The molecule has 2 aliphatic rings. The lowest BCUT2D eigenvalue weighted by Crippen LogP contribution is -2.69. The van der Waals surface area contributed by atoms with Crippen LogP contribution in [0.5, 0.6) is 0 Å². The second-order valence-electron chi connectivity index (χ2n) is 14.3. The molecule has 2 nitrogen and oxygen atoms in total. The number of hydrogen-bond acceptors (Lipinski definition) is 1. The molecule has 0 amide bonds. The molecule has 0 aromatic heterocycles. The fourth-order valence-electron chi connectivity index (χ4n) is 6.17. The Bertz CT molecular complexity index is 1780. The molecule has 0 spiro atoms. The van der Waals surface area contributed by atoms with Crippen molar-refractivity contribution in [2.45, 2.75) is 47.0 Å². The van der Waals surface area contributed by atoms with Gasteiger partial charge >= 0.3 is 7.25 Å². The van der Waals surface area contributed by atoms with Crippen LogP contribution in [-0.4, -0.2) is 13.0 Å². The Balaban J connectivity index is 0.000000874. The van der Waals surface area contributed by atoms with Crippen molar-refractivity contribution in [3.05, 3.63) is 190 Å². The lowest BCUT2D eigenvalue weighted by Gasteiger charge is -2.36. The molecule has 0 aliphatic carbocycles. The van der Waals surface area contributed by atoms with Crippen LogP contribution in [0.15, 0.2) is 168 Å². The number of allylic oxidation sites excluding steroid dienone is 7. The summed E-state index contributed by atoms with van der Waals surface area (Å²) in [4.78, 5) is 3.94. The van der Waals surface area contributed by atoms with E-state index in [0.29, 0.717) is 0 Å². The second kappa shape index (κ2) is 13.9. The summed E-state index contributed by atoms with van der Waals surface area (Å²) in [6.45, 7) is 13.3.